The van der Waals surface area contributed by atoms with E-state index < -0.39 is 5.66 Å². The second-order valence-corrected chi connectivity index (χ2v) is 9.11. The van der Waals surface area contributed by atoms with Crippen LogP contribution in [0.2, 0.25) is 0 Å². The summed E-state index contributed by atoms with van der Waals surface area (Å²) < 4.78 is 7.46. The van der Waals surface area contributed by atoms with Crippen molar-refractivity contribution in [2.24, 2.45) is 15.9 Å². The van der Waals surface area contributed by atoms with Crippen molar-refractivity contribution in [3.63, 3.8) is 0 Å². The first kappa shape index (κ1) is 20.4. The summed E-state index contributed by atoms with van der Waals surface area (Å²) >= 11 is 0. The van der Waals surface area contributed by atoms with E-state index >= 15 is 0 Å². The maximum Gasteiger partial charge on any atom is 0.227 e. The number of ether oxygens (including phenoxy) is 1. The molecular formula is C24H30N8O. The van der Waals surface area contributed by atoms with Crippen LogP contribution in [0.3, 0.4) is 0 Å². The molecule has 2 unspecified atom stereocenters. The molecule has 4 aliphatic rings. The summed E-state index contributed by atoms with van der Waals surface area (Å²) in [6, 6.07) is 12.2. The Bertz CT molecular complexity index is 1120. The van der Waals surface area contributed by atoms with Gasteiger partial charge in [-0.3, -0.25) is 0 Å². The molecule has 0 aliphatic carbocycles. The Hall–Kier alpha value is -3.17. The van der Waals surface area contributed by atoms with Crippen LogP contribution in [0.15, 0.2) is 64.1 Å². The lowest BCUT2D eigenvalue weighted by molar-refractivity contribution is 0.0496. The molecule has 9 heteroatoms. The summed E-state index contributed by atoms with van der Waals surface area (Å²) in [7, 11) is 2.12. The fourth-order valence-corrected chi connectivity index (χ4v) is 5.05. The molecule has 4 aliphatic heterocycles. The van der Waals surface area contributed by atoms with Crippen molar-refractivity contribution in [3.05, 3.63) is 54.1 Å². The molecule has 0 amide bonds. The fourth-order valence-electron chi connectivity index (χ4n) is 5.05. The second-order valence-electron chi connectivity index (χ2n) is 9.11. The van der Waals surface area contributed by atoms with Gasteiger partial charge in [-0.1, -0.05) is 30.3 Å². The minimum absolute atomic E-state index is 0.406. The Balaban J connectivity index is 1.40. The largest absolute Gasteiger partial charge is 0.378 e. The summed E-state index contributed by atoms with van der Waals surface area (Å²) in [5.74, 6) is 3.23. The molecule has 0 spiro atoms. The van der Waals surface area contributed by atoms with E-state index in [-0.39, 0.29) is 0 Å². The number of benzene rings is 1. The number of amidine groups is 1. The van der Waals surface area contributed by atoms with E-state index in [4.69, 9.17) is 19.8 Å². The van der Waals surface area contributed by atoms with Gasteiger partial charge in [0.05, 0.1) is 18.9 Å². The van der Waals surface area contributed by atoms with E-state index in [9.17, 15) is 0 Å². The van der Waals surface area contributed by atoms with Crippen molar-refractivity contribution in [3.8, 4) is 11.3 Å². The highest BCUT2D eigenvalue weighted by atomic mass is 16.5. The van der Waals surface area contributed by atoms with E-state index in [1.165, 1.54) is 0 Å². The van der Waals surface area contributed by atoms with Crippen LogP contribution in [0, 0.1) is 5.92 Å². The lowest BCUT2D eigenvalue weighted by Crippen LogP contribution is -2.53. The van der Waals surface area contributed by atoms with Crippen molar-refractivity contribution in [1.82, 2.24) is 30.2 Å². The van der Waals surface area contributed by atoms with Gasteiger partial charge in [-0.05, 0) is 26.0 Å². The van der Waals surface area contributed by atoms with E-state index in [2.05, 4.69) is 46.5 Å². The molecule has 6 rings (SSSR count). The molecular weight excluding hydrogens is 416 g/mol. The third-order valence-electron chi connectivity index (χ3n) is 7.08. The van der Waals surface area contributed by atoms with Gasteiger partial charge in [-0.2, -0.15) is 5.10 Å². The smallest absolute Gasteiger partial charge is 0.227 e. The number of aliphatic imine (C=N–C) groups is 2. The Kier molecular flexibility index (Phi) is 4.95. The third kappa shape index (κ3) is 3.43. The lowest BCUT2D eigenvalue weighted by atomic mass is 10.0. The van der Waals surface area contributed by atoms with Gasteiger partial charge < -0.3 is 25.2 Å². The van der Waals surface area contributed by atoms with E-state index in [0.29, 0.717) is 25.1 Å². The van der Waals surface area contributed by atoms with Crippen LogP contribution in [-0.4, -0.2) is 83.5 Å². The van der Waals surface area contributed by atoms with Gasteiger partial charge in [0.15, 0.2) is 5.66 Å². The topological polar surface area (TPSA) is 82.3 Å². The normalized spacial score (nSPS) is 27.4. The molecule has 0 radical (unpaired) electrons. The number of nitrogens with one attached hydrogen (secondary N) is 2. The first-order chi connectivity index (χ1) is 16.1. The summed E-state index contributed by atoms with van der Waals surface area (Å²) in [6.07, 6.45) is 3.07. The highest BCUT2D eigenvalue weighted by Gasteiger charge is 2.49. The van der Waals surface area contributed by atoms with Crippen molar-refractivity contribution < 1.29 is 4.74 Å². The van der Waals surface area contributed by atoms with Gasteiger partial charge in [-0.15, -0.1) is 0 Å². The fraction of sp³-hybridized carbons (Fsp3) is 0.458. The predicted octanol–water partition coefficient (Wildman–Crippen LogP) is 1.53. The van der Waals surface area contributed by atoms with Crippen LogP contribution < -0.4 is 10.6 Å². The van der Waals surface area contributed by atoms with Crippen LogP contribution in [0.4, 0.5) is 0 Å². The zero-order valence-electron chi connectivity index (χ0n) is 19.2. The predicted molar refractivity (Wildman–Crippen MR) is 128 cm³/mol. The number of fused-ring (bicyclic) bond motifs is 1. The average Bonchev–Trinajstić information content (AvgIpc) is 3.60. The van der Waals surface area contributed by atoms with Crippen LogP contribution in [0.5, 0.6) is 0 Å². The Labute approximate surface area is 193 Å². The minimum Gasteiger partial charge on any atom is -0.378 e. The number of nitrogens with zero attached hydrogens (tertiary/aromatic N) is 6. The first-order valence-electron chi connectivity index (χ1n) is 11.7. The quantitative estimate of drug-likeness (QED) is 0.744. The molecule has 9 nitrogen and oxygen atoms in total. The van der Waals surface area contributed by atoms with E-state index in [1.807, 2.05) is 35.1 Å². The first-order valence-corrected chi connectivity index (χ1v) is 11.7. The number of morpholine rings is 1. The highest BCUT2D eigenvalue weighted by molar-refractivity contribution is 5.93. The summed E-state index contributed by atoms with van der Waals surface area (Å²) in [5, 5.41) is 11.9. The van der Waals surface area contributed by atoms with Gasteiger partial charge in [0.2, 0.25) is 5.96 Å². The van der Waals surface area contributed by atoms with Gasteiger partial charge in [0, 0.05) is 44.4 Å². The molecule has 2 atom stereocenters. The second kappa shape index (κ2) is 8.00. The molecule has 0 saturated carbocycles. The molecule has 172 valence electrons. The average molecular weight is 447 g/mol. The molecule has 2 aromatic rings. The zero-order chi connectivity index (χ0) is 22.4. The number of hydrogen-bond donors (Lipinski definition) is 2. The Morgan fingerprint density at radius 3 is 2.70 bits per heavy atom. The number of likely N-dealkylation sites (N-methyl/N-ethyl adjacent to an activating group) is 1. The highest BCUT2D eigenvalue weighted by Crippen LogP contribution is 2.39. The number of hydrogen-bond acceptors (Lipinski definition) is 8. The van der Waals surface area contributed by atoms with Crippen LogP contribution in [0.25, 0.3) is 11.3 Å². The molecule has 0 bridgehead atoms. The number of rotatable bonds is 3. The monoisotopic (exact) mass is 446 g/mol. The maximum absolute atomic E-state index is 5.62. The Morgan fingerprint density at radius 1 is 1.12 bits per heavy atom. The third-order valence-corrected chi connectivity index (χ3v) is 7.08. The SMILES string of the molecule is CN1C(C2CCNC2)=NC2=C(N3CCOCC3)NC(n3ccc(-c4ccccc4)n3)=NC21C. The van der Waals surface area contributed by atoms with E-state index in [1.54, 1.807) is 0 Å². The van der Waals surface area contributed by atoms with Gasteiger partial charge in [0.25, 0.3) is 0 Å². The summed E-state index contributed by atoms with van der Waals surface area (Å²) in [6.45, 7) is 7.21. The molecule has 2 N–H and O–H groups in total. The standard InChI is InChI=1S/C24H30N8O/c1-24-20(26-21(30(24)2)18-8-10-25-16-18)22(31-12-14-33-15-13-31)27-23(28-24)32-11-9-19(29-32)17-6-4-3-5-7-17/h3-7,9,11,18,25H,8,10,12-16H2,1-2H3,(H,27,28). The zero-order valence-corrected chi connectivity index (χ0v) is 19.2. The van der Waals surface area contributed by atoms with Gasteiger partial charge in [0.1, 0.15) is 17.4 Å². The van der Waals surface area contributed by atoms with Gasteiger partial charge >= 0.3 is 0 Å². The number of aromatic nitrogens is 2. The minimum atomic E-state index is -0.592. The van der Waals surface area contributed by atoms with Crippen molar-refractivity contribution in [1.29, 1.82) is 0 Å². The van der Waals surface area contributed by atoms with Crippen LogP contribution >= 0.6 is 0 Å². The molecule has 1 aromatic carbocycles. The summed E-state index contributed by atoms with van der Waals surface area (Å²) in [4.78, 5) is 15.0. The van der Waals surface area contributed by atoms with Crippen molar-refractivity contribution in [2.75, 3.05) is 46.4 Å². The van der Waals surface area contributed by atoms with Gasteiger partial charge in [-0.25, -0.2) is 14.7 Å². The van der Waals surface area contributed by atoms with Crippen molar-refractivity contribution >= 4 is 11.8 Å². The Morgan fingerprint density at radius 2 is 1.94 bits per heavy atom. The summed E-state index contributed by atoms with van der Waals surface area (Å²) in [5.41, 5.74) is 2.39. The van der Waals surface area contributed by atoms with Crippen molar-refractivity contribution in [2.45, 2.75) is 19.0 Å². The molecule has 2 fully saturated rings. The molecule has 33 heavy (non-hydrogen) atoms. The van der Waals surface area contributed by atoms with Crippen LogP contribution in [-0.2, 0) is 4.74 Å². The van der Waals surface area contributed by atoms with Crippen LogP contribution in [0.1, 0.15) is 13.3 Å². The molecule has 5 heterocycles. The maximum atomic E-state index is 5.62. The molecule has 2 saturated heterocycles. The molecule has 1 aromatic heterocycles. The van der Waals surface area contributed by atoms with E-state index in [0.717, 1.165) is 61.2 Å². The lowest BCUT2D eigenvalue weighted by Gasteiger charge is -2.40.